The Morgan fingerprint density at radius 3 is 2.33 bits per heavy atom. The summed E-state index contributed by atoms with van der Waals surface area (Å²) >= 11 is 1.96. The van der Waals surface area contributed by atoms with Crippen molar-refractivity contribution in [1.82, 2.24) is 5.32 Å². The highest BCUT2D eigenvalue weighted by atomic mass is 32.2. The quantitative estimate of drug-likeness (QED) is 0.680. The van der Waals surface area contributed by atoms with Gasteiger partial charge in [0.2, 0.25) is 0 Å². The highest BCUT2D eigenvalue weighted by Crippen LogP contribution is 2.17. The van der Waals surface area contributed by atoms with Gasteiger partial charge in [-0.05, 0) is 44.6 Å². The molecule has 15 heavy (non-hydrogen) atoms. The van der Waals surface area contributed by atoms with Gasteiger partial charge in [-0.1, -0.05) is 13.8 Å². The monoisotopic (exact) mass is 228 g/mol. The first kappa shape index (κ1) is 14.8. The highest BCUT2D eigenvalue weighted by Gasteiger charge is 2.23. The lowest BCUT2D eigenvalue weighted by Gasteiger charge is -2.25. The SMILES string of the molecule is CC(C)NC(C)(C#N)CCCSC(C)C. The molecule has 0 aromatic carbocycles. The van der Waals surface area contributed by atoms with Crippen LogP contribution in [-0.4, -0.2) is 22.6 Å². The number of rotatable bonds is 7. The minimum atomic E-state index is -0.355. The molecule has 0 saturated heterocycles. The van der Waals surface area contributed by atoms with Crippen molar-refractivity contribution in [3.63, 3.8) is 0 Å². The third-order valence-corrected chi connectivity index (χ3v) is 3.32. The topological polar surface area (TPSA) is 35.8 Å². The molecule has 88 valence electrons. The lowest BCUT2D eigenvalue weighted by atomic mass is 9.97. The molecule has 1 unspecified atom stereocenters. The van der Waals surface area contributed by atoms with Crippen molar-refractivity contribution in [2.45, 2.75) is 64.3 Å². The third-order valence-electron chi connectivity index (χ3n) is 2.13. The van der Waals surface area contributed by atoms with Gasteiger partial charge in [-0.15, -0.1) is 0 Å². The molecule has 0 aromatic heterocycles. The summed E-state index contributed by atoms with van der Waals surface area (Å²) in [7, 11) is 0. The Morgan fingerprint density at radius 1 is 1.33 bits per heavy atom. The van der Waals surface area contributed by atoms with Gasteiger partial charge in [0.25, 0.3) is 0 Å². The Labute approximate surface area is 98.8 Å². The second kappa shape index (κ2) is 7.14. The molecule has 0 aliphatic heterocycles. The van der Waals surface area contributed by atoms with Gasteiger partial charge in [0.1, 0.15) is 5.54 Å². The maximum Gasteiger partial charge on any atom is 0.104 e. The Balaban J connectivity index is 3.84. The van der Waals surface area contributed by atoms with Crippen LogP contribution in [0, 0.1) is 11.3 Å². The van der Waals surface area contributed by atoms with Crippen LogP contribution in [0.15, 0.2) is 0 Å². The van der Waals surface area contributed by atoms with Crippen molar-refractivity contribution in [2.75, 3.05) is 5.75 Å². The molecule has 0 aromatic rings. The second-order valence-electron chi connectivity index (χ2n) is 4.77. The van der Waals surface area contributed by atoms with Gasteiger partial charge in [-0.3, -0.25) is 5.32 Å². The van der Waals surface area contributed by atoms with E-state index in [-0.39, 0.29) is 5.54 Å². The number of thioether (sulfide) groups is 1. The van der Waals surface area contributed by atoms with Crippen molar-refractivity contribution in [2.24, 2.45) is 0 Å². The van der Waals surface area contributed by atoms with E-state index in [1.807, 2.05) is 18.7 Å². The highest BCUT2D eigenvalue weighted by molar-refractivity contribution is 7.99. The van der Waals surface area contributed by atoms with E-state index < -0.39 is 0 Å². The van der Waals surface area contributed by atoms with E-state index in [0.717, 1.165) is 18.6 Å². The first-order chi connectivity index (χ1) is 6.89. The third kappa shape index (κ3) is 7.70. The van der Waals surface area contributed by atoms with Gasteiger partial charge >= 0.3 is 0 Å². The average molecular weight is 228 g/mol. The van der Waals surface area contributed by atoms with Gasteiger partial charge < -0.3 is 0 Å². The van der Waals surface area contributed by atoms with E-state index in [9.17, 15) is 0 Å². The zero-order chi connectivity index (χ0) is 11.9. The maximum absolute atomic E-state index is 9.12. The van der Waals surface area contributed by atoms with Crippen molar-refractivity contribution in [3.8, 4) is 6.07 Å². The molecule has 0 radical (unpaired) electrons. The minimum absolute atomic E-state index is 0.355. The molecular formula is C12H24N2S. The molecule has 1 N–H and O–H groups in total. The number of hydrogen-bond acceptors (Lipinski definition) is 3. The predicted octanol–water partition coefficient (Wildman–Crippen LogP) is 3.19. The first-order valence-corrected chi connectivity index (χ1v) is 6.75. The van der Waals surface area contributed by atoms with Crippen LogP contribution in [0.5, 0.6) is 0 Å². The summed E-state index contributed by atoms with van der Waals surface area (Å²) in [6.45, 7) is 10.6. The molecule has 0 aliphatic rings. The van der Waals surface area contributed by atoms with E-state index in [1.165, 1.54) is 0 Å². The number of hydrogen-bond donors (Lipinski definition) is 1. The summed E-state index contributed by atoms with van der Waals surface area (Å²) < 4.78 is 0. The van der Waals surface area contributed by atoms with Gasteiger partial charge in [0.05, 0.1) is 6.07 Å². The van der Waals surface area contributed by atoms with Crippen LogP contribution in [0.3, 0.4) is 0 Å². The number of nitrogens with one attached hydrogen (secondary N) is 1. The molecule has 0 heterocycles. The van der Waals surface area contributed by atoms with E-state index in [1.54, 1.807) is 0 Å². The van der Waals surface area contributed by atoms with Crippen LogP contribution in [0.25, 0.3) is 0 Å². The fraction of sp³-hybridized carbons (Fsp3) is 0.917. The summed E-state index contributed by atoms with van der Waals surface area (Å²) in [5, 5.41) is 13.1. The van der Waals surface area contributed by atoms with Crippen molar-refractivity contribution < 1.29 is 0 Å². The molecule has 0 amide bonds. The lowest BCUT2D eigenvalue weighted by Crippen LogP contribution is -2.44. The van der Waals surface area contributed by atoms with E-state index in [2.05, 4.69) is 39.1 Å². The first-order valence-electron chi connectivity index (χ1n) is 5.70. The van der Waals surface area contributed by atoms with Gasteiger partial charge in [0, 0.05) is 6.04 Å². The predicted molar refractivity (Wildman–Crippen MR) is 69.1 cm³/mol. The summed E-state index contributed by atoms with van der Waals surface area (Å²) in [5.41, 5.74) is -0.355. The molecule has 2 nitrogen and oxygen atoms in total. The molecule has 3 heteroatoms. The summed E-state index contributed by atoms with van der Waals surface area (Å²) in [4.78, 5) is 0. The Morgan fingerprint density at radius 2 is 1.93 bits per heavy atom. The Bertz CT molecular complexity index is 208. The molecule has 0 rings (SSSR count). The fourth-order valence-corrected chi connectivity index (χ4v) is 2.32. The molecular weight excluding hydrogens is 204 g/mol. The lowest BCUT2D eigenvalue weighted by molar-refractivity contribution is 0.380. The maximum atomic E-state index is 9.12. The van der Waals surface area contributed by atoms with E-state index in [0.29, 0.717) is 11.3 Å². The van der Waals surface area contributed by atoms with Crippen molar-refractivity contribution in [1.29, 1.82) is 5.26 Å². The zero-order valence-electron chi connectivity index (χ0n) is 10.6. The molecule has 0 fully saturated rings. The largest absolute Gasteiger partial charge is 0.297 e. The van der Waals surface area contributed by atoms with Gasteiger partial charge in [-0.2, -0.15) is 17.0 Å². The van der Waals surface area contributed by atoms with Gasteiger partial charge in [-0.25, -0.2) is 0 Å². The summed E-state index contributed by atoms with van der Waals surface area (Å²) in [6.07, 6.45) is 2.04. The van der Waals surface area contributed by atoms with Crippen LogP contribution in [-0.2, 0) is 0 Å². The smallest absolute Gasteiger partial charge is 0.104 e. The van der Waals surface area contributed by atoms with Crippen molar-refractivity contribution >= 4 is 11.8 Å². The Hall–Kier alpha value is -0.200. The summed E-state index contributed by atoms with van der Waals surface area (Å²) in [6, 6.07) is 2.75. The molecule has 0 aliphatic carbocycles. The molecule has 0 saturated carbocycles. The molecule has 0 spiro atoms. The van der Waals surface area contributed by atoms with Crippen LogP contribution < -0.4 is 5.32 Å². The van der Waals surface area contributed by atoms with Crippen LogP contribution in [0.4, 0.5) is 0 Å². The number of nitrogens with zero attached hydrogens (tertiary/aromatic N) is 1. The standard InChI is InChI=1S/C12H24N2S/c1-10(2)14-12(5,9-13)7-6-8-15-11(3)4/h10-11,14H,6-8H2,1-5H3. The molecule has 0 bridgehead atoms. The zero-order valence-corrected chi connectivity index (χ0v) is 11.4. The van der Waals surface area contributed by atoms with E-state index in [4.69, 9.17) is 5.26 Å². The van der Waals surface area contributed by atoms with E-state index >= 15 is 0 Å². The fourth-order valence-electron chi connectivity index (χ4n) is 1.54. The average Bonchev–Trinajstić information content (AvgIpc) is 2.11. The normalized spacial score (nSPS) is 15.3. The molecule has 1 atom stereocenters. The van der Waals surface area contributed by atoms with Crippen LogP contribution in [0.2, 0.25) is 0 Å². The van der Waals surface area contributed by atoms with Crippen molar-refractivity contribution in [3.05, 3.63) is 0 Å². The number of nitriles is 1. The summed E-state index contributed by atoms with van der Waals surface area (Å²) in [5.74, 6) is 1.15. The van der Waals surface area contributed by atoms with Crippen LogP contribution >= 0.6 is 11.8 Å². The van der Waals surface area contributed by atoms with Gasteiger partial charge in [0.15, 0.2) is 0 Å². The Kier molecular flexibility index (Phi) is 7.04. The second-order valence-corrected chi connectivity index (χ2v) is 6.45. The minimum Gasteiger partial charge on any atom is -0.297 e. The van der Waals surface area contributed by atoms with Crippen LogP contribution in [0.1, 0.15) is 47.5 Å².